The molecule has 1 atom stereocenters. The number of benzene rings is 1. The van der Waals surface area contributed by atoms with Crippen molar-refractivity contribution in [3.63, 3.8) is 0 Å². The van der Waals surface area contributed by atoms with Gasteiger partial charge in [0, 0.05) is 10.5 Å². The molecule has 2 rings (SSSR count). The molecule has 0 aromatic heterocycles. The Morgan fingerprint density at radius 2 is 2.10 bits per heavy atom. The Bertz CT molecular complexity index is 532. The van der Waals surface area contributed by atoms with Crippen molar-refractivity contribution in [3.8, 4) is 0 Å². The average molecular weight is 362 g/mol. The quantitative estimate of drug-likeness (QED) is 0.786. The summed E-state index contributed by atoms with van der Waals surface area (Å²) in [5.41, 5.74) is 6.21. The lowest BCUT2D eigenvalue weighted by molar-refractivity contribution is -0.143. The van der Waals surface area contributed by atoms with Crippen LogP contribution in [0.2, 0.25) is 0 Å². The van der Waals surface area contributed by atoms with Gasteiger partial charge in [-0.1, -0.05) is 22.0 Å². The fourth-order valence-electron chi connectivity index (χ4n) is 2.40. The molecule has 116 valence electrons. The molecule has 1 aromatic rings. The summed E-state index contributed by atoms with van der Waals surface area (Å²) < 4.78 is 32.0. The maximum atomic E-state index is 13.2. The lowest BCUT2D eigenvalue weighted by Crippen LogP contribution is -2.20. The van der Waals surface area contributed by atoms with Crippen LogP contribution in [0, 0.1) is 0 Å². The fraction of sp³-hybridized carbons (Fsp3) is 0.533. The molecule has 2 N–H and O–H groups in total. The maximum Gasteiger partial charge on any atom is 0.307 e. The fourth-order valence-corrected chi connectivity index (χ4v) is 2.91. The van der Waals surface area contributed by atoms with Gasteiger partial charge in [-0.25, -0.2) is 8.78 Å². The Morgan fingerprint density at radius 3 is 2.62 bits per heavy atom. The number of halogens is 3. The van der Waals surface area contributed by atoms with Gasteiger partial charge in [0.1, 0.15) is 0 Å². The first-order chi connectivity index (χ1) is 9.89. The summed E-state index contributed by atoms with van der Waals surface area (Å²) in [7, 11) is 0. The molecule has 1 aliphatic carbocycles. The molecule has 1 fully saturated rings. The molecule has 0 saturated heterocycles. The van der Waals surface area contributed by atoms with E-state index in [9.17, 15) is 13.6 Å². The highest BCUT2D eigenvalue weighted by molar-refractivity contribution is 9.10. The van der Waals surface area contributed by atoms with Crippen LogP contribution >= 0.6 is 15.9 Å². The second-order valence-corrected chi connectivity index (χ2v) is 6.26. The number of rotatable bonds is 6. The van der Waals surface area contributed by atoms with Gasteiger partial charge < -0.3 is 10.5 Å². The topological polar surface area (TPSA) is 52.3 Å². The van der Waals surface area contributed by atoms with E-state index in [0.29, 0.717) is 35.0 Å². The van der Waals surface area contributed by atoms with E-state index in [1.807, 2.05) is 0 Å². The minimum absolute atomic E-state index is 0.0331. The minimum atomic E-state index is -2.39. The van der Waals surface area contributed by atoms with Gasteiger partial charge in [-0.05, 0) is 43.0 Å². The van der Waals surface area contributed by atoms with Gasteiger partial charge in [-0.2, -0.15) is 0 Å². The number of carbonyl (C=O) groups is 1. The third-order valence-electron chi connectivity index (χ3n) is 3.82. The van der Waals surface area contributed by atoms with Crippen LogP contribution in [0.25, 0.3) is 0 Å². The highest BCUT2D eigenvalue weighted by Gasteiger charge is 2.52. The van der Waals surface area contributed by atoms with Crippen molar-refractivity contribution in [1.29, 1.82) is 0 Å². The molecule has 6 heteroatoms. The van der Waals surface area contributed by atoms with Crippen LogP contribution < -0.4 is 5.73 Å². The number of alkyl halides is 2. The zero-order valence-electron chi connectivity index (χ0n) is 11.7. The summed E-state index contributed by atoms with van der Waals surface area (Å²) in [6.07, 6.45) is -1.40. The molecule has 3 nitrogen and oxygen atoms in total. The average Bonchev–Trinajstić information content (AvgIpc) is 3.19. The number of esters is 1. The van der Waals surface area contributed by atoms with Crippen LogP contribution in [-0.2, 0) is 14.9 Å². The van der Waals surface area contributed by atoms with E-state index in [4.69, 9.17) is 10.5 Å². The van der Waals surface area contributed by atoms with Crippen LogP contribution in [0.1, 0.15) is 43.4 Å². The smallest absolute Gasteiger partial charge is 0.307 e. The monoisotopic (exact) mass is 361 g/mol. The highest BCUT2D eigenvalue weighted by Crippen LogP contribution is 2.53. The van der Waals surface area contributed by atoms with Gasteiger partial charge >= 0.3 is 5.97 Å². The first kappa shape index (κ1) is 16.4. The first-order valence-electron chi connectivity index (χ1n) is 6.89. The van der Waals surface area contributed by atoms with E-state index < -0.39 is 17.9 Å². The van der Waals surface area contributed by atoms with Crippen LogP contribution in [0.3, 0.4) is 0 Å². The number of ether oxygens (including phenoxy) is 1. The molecule has 0 spiro atoms. The van der Waals surface area contributed by atoms with Crippen LogP contribution in [-0.4, -0.2) is 19.0 Å². The van der Waals surface area contributed by atoms with Crippen molar-refractivity contribution in [3.05, 3.63) is 33.8 Å². The first-order valence-corrected chi connectivity index (χ1v) is 7.68. The van der Waals surface area contributed by atoms with Crippen molar-refractivity contribution in [2.45, 2.75) is 44.1 Å². The summed E-state index contributed by atoms with van der Waals surface area (Å²) in [6, 6.07) is 4.59. The lowest BCUT2D eigenvalue weighted by Gasteiger charge is -2.18. The predicted molar refractivity (Wildman–Crippen MR) is 79.2 cm³/mol. The predicted octanol–water partition coefficient (Wildman–Crippen LogP) is 3.70. The van der Waals surface area contributed by atoms with Crippen molar-refractivity contribution in [2.75, 3.05) is 6.61 Å². The van der Waals surface area contributed by atoms with E-state index in [2.05, 4.69) is 15.9 Å². The molecule has 0 aliphatic heterocycles. The zero-order valence-corrected chi connectivity index (χ0v) is 13.3. The lowest BCUT2D eigenvalue weighted by atomic mass is 9.92. The van der Waals surface area contributed by atoms with Gasteiger partial charge in [0.05, 0.1) is 18.4 Å². The molecule has 1 aromatic carbocycles. The van der Waals surface area contributed by atoms with Crippen molar-refractivity contribution >= 4 is 21.9 Å². The summed E-state index contributed by atoms with van der Waals surface area (Å²) in [4.78, 5) is 11.5. The number of carbonyl (C=O) groups excluding carboxylic acids is 1. The summed E-state index contributed by atoms with van der Waals surface area (Å²) in [5.74, 6) is -0.387. The summed E-state index contributed by atoms with van der Waals surface area (Å²) in [6.45, 7) is 2.02. The third kappa shape index (κ3) is 3.61. The van der Waals surface area contributed by atoms with Crippen LogP contribution in [0.5, 0.6) is 0 Å². The van der Waals surface area contributed by atoms with Crippen LogP contribution in [0.4, 0.5) is 8.78 Å². The maximum absolute atomic E-state index is 13.2. The Balaban J connectivity index is 2.21. The van der Waals surface area contributed by atoms with Crippen molar-refractivity contribution < 1.29 is 18.3 Å². The molecule has 0 heterocycles. The second-order valence-electron chi connectivity index (χ2n) is 5.35. The third-order valence-corrected chi connectivity index (χ3v) is 4.28. The zero-order chi connectivity index (χ0) is 15.6. The Kier molecular flexibility index (Phi) is 4.99. The number of hydrogen-bond donors (Lipinski definition) is 1. The number of hydrogen-bond acceptors (Lipinski definition) is 3. The molecule has 0 bridgehead atoms. The Hall–Kier alpha value is -1.01. The van der Waals surface area contributed by atoms with Gasteiger partial charge in [-0.3, -0.25) is 4.79 Å². The summed E-state index contributed by atoms with van der Waals surface area (Å²) >= 11 is 3.33. The molecule has 1 aliphatic rings. The Labute approximate surface area is 131 Å². The second kappa shape index (κ2) is 6.40. The largest absolute Gasteiger partial charge is 0.466 e. The standard InChI is InChI=1S/C15H18BrF2NO2/c1-2-21-13(20)8-12(19)9-5-10(7-11(16)6-9)15(3-4-15)14(17)18/h5-7,12,14H,2-4,8,19H2,1H3. The van der Waals surface area contributed by atoms with E-state index in [-0.39, 0.29) is 12.4 Å². The number of nitrogens with two attached hydrogens (primary N) is 1. The molecule has 1 saturated carbocycles. The molecule has 0 amide bonds. The highest BCUT2D eigenvalue weighted by atomic mass is 79.9. The normalized spacial score (nSPS) is 17.6. The van der Waals surface area contributed by atoms with Gasteiger partial charge in [-0.15, -0.1) is 0 Å². The van der Waals surface area contributed by atoms with E-state index in [1.54, 1.807) is 25.1 Å². The molecule has 1 unspecified atom stereocenters. The van der Waals surface area contributed by atoms with Crippen molar-refractivity contribution in [1.82, 2.24) is 0 Å². The van der Waals surface area contributed by atoms with Gasteiger partial charge in [0.25, 0.3) is 0 Å². The van der Waals surface area contributed by atoms with E-state index in [1.165, 1.54) is 0 Å². The SMILES string of the molecule is CCOC(=O)CC(N)c1cc(Br)cc(C2(C(F)F)CC2)c1. The molecular formula is C15H18BrF2NO2. The Morgan fingerprint density at radius 1 is 1.43 bits per heavy atom. The molecule has 0 radical (unpaired) electrons. The van der Waals surface area contributed by atoms with Crippen molar-refractivity contribution in [2.24, 2.45) is 5.73 Å². The minimum Gasteiger partial charge on any atom is -0.466 e. The molecular weight excluding hydrogens is 344 g/mol. The van der Waals surface area contributed by atoms with E-state index in [0.717, 1.165) is 0 Å². The van der Waals surface area contributed by atoms with Crippen LogP contribution in [0.15, 0.2) is 22.7 Å². The molecule has 21 heavy (non-hydrogen) atoms. The summed E-state index contributed by atoms with van der Waals surface area (Å²) in [5, 5.41) is 0. The van der Waals surface area contributed by atoms with E-state index >= 15 is 0 Å². The van der Waals surface area contributed by atoms with Gasteiger partial charge in [0.15, 0.2) is 0 Å². The van der Waals surface area contributed by atoms with Gasteiger partial charge in [0.2, 0.25) is 6.43 Å².